The number of hydrogen-bond acceptors (Lipinski definition) is 2. The summed E-state index contributed by atoms with van der Waals surface area (Å²) >= 11 is 0. The Morgan fingerprint density at radius 1 is 1.35 bits per heavy atom. The number of carbonyl (C=O) groups excluding carboxylic acids is 1. The van der Waals surface area contributed by atoms with Crippen molar-refractivity contribution in [3.05, 3.63) is 29.8 Å². The Hall–Kier alpha value is -1.51. The second kappa shape index (κ2) is 5.47. The molecule has 0 radical (unpaired) electrons. The molecule has 2 aliphatic carbocycles. The molecule has 3 rings (SSSR count). The van der Waals surface area contributed by atoms with Crippen molar-refractivity contribution in [1.82, 2.24) is 4.90 Å². The van der Waals surface area contributed by atoms with Gasteiger partial charge in [-0.3, -0.25) is 4.79 Å². The van der Waals surface area contributed by atoms with Crippen LogP contribution in [0.1, 0.15) is 37.7 Å². The third kappa shape index (κ3) is 2.82. The predicted octanol–water partition coefficient (Wildman–Crippen LogP) is 3.05. The van der Waals surface area contributed by atoms with E-state index < -0.39 is 0 Å². The molecule has 108 valence electrons. The van der Waals surface area contributed by atoms with E-state index in [1.807, 2.05) is 36.2 Å². The van der Waals surface area contributed by atoms with Gasteiger partial charge in [-0.05, 0) is 54.7 Å². The lowest BCUT2D eigenvalue weighted by Crippen LogP contribution is -2.29. The number of nitrogens with two attached hydrogens (primary N) is 1. The summed E-state index contributed by atoms with van der Waals surface area (Å²) in [5.41, 5.74) is 7.65. The first-order valence-electron chi connectivity index (χ1n) is 7.70. The molecule has 0 aromatic heterocycles. The monoisotopic (exact) mass is 272 g/mol. The maximum Gasteiger partial charge on any atom is 0.222 e. The van der Waals surface area contributed by atoms with E-state index in [9.17, 15) is 4.79 Å². The molecule has 3 atom stereocenters. The van der Waals surface area contributed by atoms with Gasteiger partial charge >= 0.3 is 0 Å². The van der Waals surface area contributed by atoms with Gasteiger partial charge in [-0.1, -0.05) is 18.6 Å². The zero-order valence-corrected chi connectivity index (χ0v) is 12.2. The van der Waals surface area contributed by atoms with Crippen molar-refractivity contribution in [2.24, 2.45) is 17.8 Å². The zero-order chi connectivity index (χ0) is 14.1. The minimum absolute atomic E-state index is 0.282. The molecule has 0 aliphatic heterocycles. The Bertz CT molecular complexity index is 500. The van der Waals surface area contributed by atoms with Gasteiger partial charge in [0.05, 0.1) is 0 Å². The fourth-order valence-electron chi connectivity index (χ4n) is 4.06. The first-order valence-corrected chi connectivity index (χ1v) is 7.70. The third-order valence-corrected chi connectivity index (χ3v) is 5.12. The molecule has 3 nitrogen and oxygen atoms in total. The Balaban J connectivity index is 1.54. The number of hydrogen-bond donors (Lipinski definition) is 1. The minimum Gasteiger partial charge on any atom is -0.399 e. The van der Waals surface area contributed by atoms with Gasteiger partial charge in [0.15, 0.2) is 0 Å². The molecule has 2 fully saturated rings. The third-order valence-electron chi connectivity index (χ3n) is 5.12. The molecule has 1 amide bonds. The summed E-state index contributed by atoms with van der Waals surface area (Å²) < 4.78 is 0. The molecule has 0 heterocycles. The van der Waals surface area contributed by atoms with Crippen LogP contribution in [0.3, 0.4) is 0 Å². The Morgan fingerprint density at radius 3 is 2.85 bits per heavy atom. The van der Waals surface area contributed by atoms with Crippen molar-refractivity contribution in [3.8, 4) is 0 Å². The number of nitrogen functional groups attached to an aromatic ring is 1. The van der Waals surface area contributed by atoms with Crippen LogP contribution in [-0.4, -0.2) is 17.9 Å². The summed E-state index contributed by atoms with van der Waals surface area (Å²) in [6.45, 7) is 0.657. The second-order valence-corrected chi connectivity index (χ2v) is 6.63. The SMILES string of the molecule is CN(Cc1cccc(N)c1)C(=O)CC1CC2CCC1C2. The molecule has 3 unspecified atom stereocenters. The highest BCUT2D eigenvalue weighted by atomic mass is 16.2. The van der Waals surface area contributed by atoms with Gasteiger partial charge in [-0.15, -0.1) is 0 Å². The summed E-state index contributed by atoms with van der Waals surface area (Å²) in [6, 6.07) is 7.79. The number of anilines is 1. The van der Waals surface area contributed by atoms with Crippen LogP contribution in [0.5, 0.6) is 0 Å². The first kappa shape index (κ1) is 13.5. The molecular formula is C17H24N2O. The van der Waals surface area contributed by atoms with E-state index in [1.54, 1.807) is 0 Å². The van der Waals surface area contributed by atoms with Crippen molar-refractivity contribution >= 4 is 11.6 Å². The highest BCUT2D eigenvalue weighted by Gasteiger charge is 2.40. The zero-order valence-electron chi connectivity index (χ0n) is 12.2. The smallest absolute Gasteiger partial charge is 0.222 e. The summed E-state index contributed by atoms with van der Waals surface area (Å²) in [7, 11) is 1.90. The molecule has 0 saturated heterocycles. The number of nitrogens with zero attached hydrogens (tertiary/aromatic N) is 1. The van der Waals surface area contributed by atoms with Crippen molar-refractivity contribution in [1.29, 1.82) is 0 Å². The lowest BCUT2D eigenvalue weighted by Gasteiger charge is -2.24. The second-order valence-electron chi connectivity index (χ2n) is 6.63. The number of benzene rings is 1. The molecule has 20 heavy (non-hydrogen) atoms. The topological polar surface area (TPSA) is 46.3 Å². The average molecular weight is 272 g/mol. The Kier molecular flexibility index (Phi) is 3.68. The molecular weight excluding hydrogens is 248 g/mol. The van der Waals surface area contributed by atoms with Gasteiger partial charge in [0, 0.05) is 25.7 Å². The summed E-state index contributed by atoms with van der Waals surface area (Å²) in [5, 5.41) is 0. The fraction of sp³-hybridized carbons (Fsp3) is 0.588. The number of amides is 1. The van der Waals surface area contributed by atoms with Gasteiger partial charge in [0.25, 0.3) is 0 Å². The van der Waals surface area contributed by atoms with Gasteiger partial charge in [-0.2, -0.15) is 0 Å². The molecule has 2 aliphatic rings. The maximum absolute atomic E-state index is 12.4. The number of carbonyl (C=O) groups is 1. The van der Waals surface area contributed by atoms with Crippen LogP contribution in [0.2, 0.25) is 0 Å². The maximum atomic E-state index is 12.4. The van der Waals surface area contributed by atoms with Gasteiger partial charge < -0.3 is 10.6 Å². The molecule has 2 N–H and O–H groups in total. The van der Waals surface area contributed by atoms with Crippen LogP contribution in [-0.2, 0) is 11.3 Å². The normalized spacial score (nSPS) is 27.8. The largest absolute Gasteiger partial charge is 0.399 e. The fourth-order valence-corrected chi connectivity index (χ4v) is 4.06. The number of fused-ring (bicyclic) bond motifs is 2. The lowest BCUT2D eigenvalue weighted by molar-refractivity contribution is -0.131. The van der Waals surface area contributed by atoms with Crippen LogP contribution in [0.25, 0.3) is 0 Å². The van der Waals surface area contributed by atoms with Crippen molar-refractivity contribution in [3.63, 3.8) is 0 Å². The van der Waals surface area contributed by atoms with Crippen molar-refractivity contribution < 1.29 is 4.79 Å². The van der Waals surface area contributed by atoms with E-state index in [0.29, 0.717) is 12.5 Å². The van der Waals surface area contributed by atoms with Crippen LogP contribution < -0.4 is 5.73 Å². The highest BCUT2D eigenvalue weighted by molar-refractivity contribution is 5.76. The van der Waals surface area contributed by atoms with Crippen LogP contribution >= 0.6 is 0 Å². The molecule has 2 bridgehead atoms. The Morgan fingerprint density at radius 2 is 2.20 bits per heavy atom. The Labute approximate surface area is 121 Å². The van der Waals surface area contributed by atoms with E-state index in [1.165, 1.54) is 25.7 Å². The van der Waals surface area contributed by atoms with E-state index in [0.717, 1.165) is 29.5 Å². The van der Waals surface area contributed by atoms with Gasteiger partial charge in [-0.25, -0.2) is 0 Å². The molecule has 1 aromatic rings. The summed E-state index contributed by atoms with van der Waals surface area (Å²) in [4.78, 5) is 14.2. The molecule has 0 spiro atoms. The van der Waals surface area contributed by atoms with E-state index in [4.69, 9.17) is 5.73 Å². The minimum atomic E-state index is 0.282. The highest BCUT2D eigenvalue weighted by Crippen LogP contribution is 2.49. The standard InChI is InChI=1S/C17H24N2O/c1-19(11-13-3-2-4-16(18)9-13)17(20)10-15-8-12-5-6-14(15)7-12/h2-4,9,12,14-15H,5-8,10-11,18H2,1H3. The average Bonchev–Trinajstić information content (AvgIpc) is 3.01. The van der Waals surface area contributed by atoms with Crippen LogP contribution in [0, 0.1) is 17.8 Å². The van der Waals surface area contributed by atoms with E-state index in [-0.39, 0.29) is 5.91 Å². The van der Waals surface area contributed by atoms with Crippen LogP contribution in [0.4, 0.5) is 5.69 Å². The summed E-state index contributed by atoms with van der Waals surface area (Å²) in [6.07, 6.45) is 6.13. The van der Waals surface area contributed by atoms with E-state index in [2.05, 4.69) is 0 Å². The predicted molar refractivity (Wildman–Crippen MR) is 80.9 cm³/mol. The lowest BCUT2D eigenvalue weighted by atomic mass is 9.86. The van der Waals surface area contributed by atoms with E-state index >= 15 is 0 Å². The first-order chi connectivity index (χ1) is 9.61. The summed E-state index contributed by atoms with van der Waals surface area (Å²) in [5.74, 6) is 2.66. The van der Waals surface area contributed by atoms with Gasteiger partial charge in [0.2, 0.25) is 5.91 Å². The van der Waals surface area contributed by atoms with Gasteiger partial charge in [0.1, 0.15) is 0 Å². The van der Waals surface area contributed by atoms with Crippen LogP contribution in [0.15, 0.2) is 24.3 Å². The van der Waals surface area contributed by atoms with Crippen molar-refractivity contribution in [2.45, 2.75) is 38.6 Å². The quantitative estimate of drug-likeness (QED) is 0.856. The molecule has 1 aromatic carbocycles. The molecule has 3 heteroatoms. The van der Waals surface area contributed by atoms with Crippen molar-refractivity contribution in [2.75, 3.05) is 12.8 Å². The molecule has 2 saturated carbocycles. The number of rotatable bonds is 4.